The van der Waals surface area contributed by atoms with Crippen LogP contribution in [0.4, 0.5) is 11.4 Å². The van der Waals surface area contributed by atoms with Crippen molar-refractivity contribution in [1.29, 1.82) is 0 Å². The Balaban J connectivity index is 1.88. The van der Waals surface area contributed by atoms with Gasteiger partial charge in [-0.3, -0.25) is 4.72 Å². The minimum atomic E-state index is -3.62. The van der Waals surface area contributed by atoms with Gasteiger partial charge in [0.25, 0.3) is 10.0 Å². The second kappa shape index (κ2) is 6.36. The van der Waals surface area contributed by atoms with Crippen molar-refractivity contribution in [3.8, 4) is 5.75 Å². The fraction of sp³-hybridized carbons (Fsp3) is 0.333. The molecule has 3 rings (SSSR count). The maximum atomic E-state index is 12.6. The van der Waals surface area contributed by atoms with Crippen LogP contribution in [0.15, 0.2) is 41.3 Å². The number of fused-ring (bicyclic) bond motifs is 1. The number of rotatable bonds is 4. The summed E-state index contributed by atoms with van der Waals surface area (Å²) in [7, 11) is 0.00582. The van der Waals surface area contributed by atoms with E-state index in [1.54, 1.807) is 25.3 Å². The number of nitrogens with one attached hydrogen (secondary N) is 1. The summed E-state index contributed by atoms with van der Waals surface area (Å²) >= 11 is 0. The van der Waals surface area contributed by atoms with Gasteiger partial charge in [-0.1, -0.05) is 0 Å². The molecule has 5 nitrogen and oxygen atoms in total. The Labute approximate surface area is 143 Å². The first kappa shape index (κ1) is 16.6. The Kier molecular flexibility index (Phi) is 4.41. The first-order valence-corrected chi connectivity index (χ1v) is 9.40. The van der Waals surface area contributed by atoms with Crippen LogP contribution in [0.5, 0.6) is 5.75 Å². The number of benzene rings is 2. The van der Waals surface area contributed by atoms with Crippen molar-refractivity contribution in [3.63, 3.8) is 0 Å². The quantitative estimate of drug-likeness (QED) is 0.924. The van der Waals surface area contributed by atoms with Gasteiger partial charge < -0.3 is 9.64 Å². The molecule has 0 unspecified atom stereocenters. The maximum absolute atomic E-state index is 12.6. The molecule has 1 heterocycles. The zero-order chi connectivity index (χ0) is 17.3. The van der Waals surface area contributed by atoms with Gasteiger partial charge in [0.1, 0.15) is 5.75 Å². The van der Waals surface area contributed by atoms with Crippen molar-refractivity contribution < 1.29 is 13.2 Å². The third-order valence-electron chi connectivity index (χ3n) is 4.36. The molecule has 0 saturated carbocycles. The third-order valence-corrected chi connectivity index (χ3v) is 5.74. The molecule has 0 saturated heterocycles. The van der Waals surface area contributed by atoms with Crippen molar-refractivity contribution >= 4 is 21.4 Å². The molecule has 6 heteroatoms. The first-order chi connectivity index (χ1) is 11.4. The lowest BCUT2D eigenvalue weighted by molar-refractivity contribution is 0.411. The zero-order valence-electron chi connectivity index (χ0n) is 14.2. The molecule has 2 aromatic rings. The molecule has 24 heavy (non-hydrogen) atoms. The van der Waals surface area contributed by atoms with E-state index in [2.05, 4.69) is 16.7 Å². The molecule has 1 aliphatic heterocycles. The van der Waals surface area contributed by atoms with Crippen molar-refractivity contribution in [1.82, 2.24) is 0 Å². The molecular formula is C18H22N2O3S. The summed E-state index contributed by atoms with van der Waals surface area (Å²) in [5.41, 5.74) is 3.73. The highest BCUT2D eigenvalue weighted by molar-refractivity contribution is 7.92. The van der Waals surface area contributed by atoms with Gasteiger partial charge >= 0.3 is 0 Å². The Morgan fingerprint density at radius 2 is 1.96 bits per heavy atom. The van der Waals surface area contributed by atoms with Gasteiger partial charge in [-0.25, -0.2) is 8.42 Å². The number of sulfonamides is 1. The van der Waals surface area contributed by atoms with Gasteiger partial charge in [-0.2, -0.15) is 0 Å². The van der Waals surface area contributed by atoms with Gasteiger partial charge in [0, 0.05) is 25.0 Å². The highest BCUT2D eigenvalue weighted by Crippen LogP contribution is 2.30. The highest BCUT2D eigenvalue weighted by atomic mass is 32.2. The second-order valence-electron chi connectivity index (χ2n) is 6.11. The SMILES string of the molecule is COc1ccc(S(=O)(=O)Nc2ccc3c(c2)CCCN3C)cc1C. The first-order valence-electron chi connectivity index (χ1n) is 7.92. The number of aryl methyl sites for hydroxylation is 2. The van der Waals surface area contributed by atoms with Gasteiger partial charge in [0.2, 0.25) is 0 Å². The van der Waals surface area contributed by atoms with E-state index in [0.29, 0.717) is 11.4 Å². The molecule has 0 atom stereocenters. The van der Waals surface area contributed by atoms with Gasteiger partial charge in [0.15, 0.2) is 0 Å². The van der Waals surface area contributed by atoms with E-state index in [1.807, 2.05) is 25.1 Å². The van der Waals surface area contributed by atoms with E-state index in [1.165, 1.54) is 11.3 Å². The summed E-state index contributed by atoms with van der Waals surface area (Å²) in [4.78, 5) is 2.43. The van der Waals surface area contributed by atoms with E-state index < -0.39 is 10.0 Å². The van der Waals surface area contributed by atoms with Crippen LogP contribution in [-0.4, -0.2) is 29.1 Å². The largest absolute Gasteiger partial charge is 0.496 e. The minimum Gasteiger partial charge on any atom is -0.496 e. The molecule has 0 amide bonds. The molecule has 128 valence electrons. The molecular weight excluding hydrogens is 324 g/mol. The summed E-state index contributed by atoms with van der Waals surface area (Å²) in [6, 6.07) is 10.6. The summed E-state index contributed by atoms with van der Waals surface area (Å²) in [5, 5.41) is 0. The lowest BCUT2D eigenvalue weighted by atomic mass is 10.0. The van der Waals surface area contributed by atoms with Crippen molar-refractivity contribution in [2.24, 2.45) is 0 Å². The summed E-state index contributed by atoms with van der Waals surface area (Å²) in [5.74, 6) is 0.672. The number of methoxy groups -OCH3 is 1. The molecule has 0 aromatic heterocycles. The van der Waals surface area contributed by atoms with E-state index >= 15 is 0 Å². The summed E-state index contributed by atoms with van der Waals surface area (Å²) < 4.78 is 33.1. The molecule has 0 fully saturated rings. The fourth-order valence-corrected chi connectivity index (χ4v) is 4.22. The van der Waals surface area contributed by atoms with E-state index in [4.69, 9.17) is 4.74 Å². The monoisotopic (exact) mass is 346 g/mol. The number of hydrogen-bond donors (Lipinski definition) is 1. The van der Waals surface area contributed by atoms with Gasteiger partial charge in [0.05, 0.1) is 12.0 Å². The Hall–Kier alpha value is -2.21. The van der Waals surface area contributed by atoms with Crippen LogP contribution in [0.25, 0.3) is 0 Å². The Bertz CT molecular complexity index is 863. The average molecular weight is 346 g/mol. The zero-order valence-corrected chi connectivity index (χ0v) is 15.0. The molecule has 0 aliphatic carbocycles. The van der Waals surface area contributed by atoms with Crippen molar-refractivity contribution in [2.75, 3.05) is 30.3 Å². The Morgan fingerprint density at radius 1 is 1.17 bits per heavy atom. The molecule has 0 radical (unpaired) electrons. The minimum absolute atomic E-state index is 0.232. The van der Waals surface area contributed by atoms with Crippen LogP contribution in [0, 0.1) is 6.92 Å². The average Bonchev–Trinajstić information content (AvgIpc) is 2.54. The second-order valence-corrected chi connectivity index (χ2v) is 7.79. The van der Waals surface area contributed by atoms with Crippen molar-refractivity contribution in [3.05, 3.63) is 47.5 Å². The number of nitrogens with zero attached hydrogens (tertiary/aromatic N) is 1. The smallest absolute Gasteiger partial charge is 0.261 e. The third kappa shape index (κ3) is 3.19. The van der Waals surface area contributed by atoms with E-state index in [9.17, 15) is 8.42 Å². The van der Waals surface area contributed by atoms with Crippen LogP contribution in [-0.2, 0) is 16.4 Å². The van der Waals surface area contributed by atoms with Crippen LogP contribution in [0.3, 0.4) is 0 Å². The molecule has 0 bridgehead atoms. The van der Waals surface area contributed by atoms with Gasteiger partial charge in [-0.15, -0.1) is 0 Å². The van der Waals surface area contributed by atoms with Crippen molar-refractivity contribution in [2.45, 2.75) is 24.7 Å². The number of hydrogen-bond acceptors (Lipinski definition) is 4. The maximum Gasteiger partial charge on any atom is 0.261 e. The molecule has 1 N–H and O–H groups in total. The Morgan fingerprint density at radius 3 is 2.67 bits per heavy atom. The van der Waals surface area contributed by atoms with E-state index in [-0.39, 0.29) is 4.90 Å². The number of anilines is 2. The fourth-order valence-electron chi connectivity index (χ4n) is 3.08. The highest BCUT2D eigenvalue weighted by Gasteiger charge is 2.18. The predicted molar refractivity (Wildman–Crippen MR) is 96.6 cm³/mol. The summed E-state index contributed by atoms with van der Waals surface area (Å²) in [6.45, 7) is 2.86. The van der Waals surface area contributed by atoms with Crippen LogP contribution >= 0.6 is 0 Å². The predicted octanol–water partition coefficient (Wildman–Crippen LogP) is 3.19. The summed E-state index contributed by atoms with van der Waals surface area (Å²) in [6.07, 6.45) is 2.05. The standard InChI is InChI=1S/C18H22N2O3S/c1-13-11-16(7-9-18(13)23-3)24(21,22)19-15-6-8-17-14(12-15)5-4-10-20(17)2/h6-9,11-12,19H,4-5,10H2,1-3H3. The topological polar surface area (TPSA) is 58.6 Å². The normalized spacial score (nSPS) is 14.2. The lowest BCUT2D eigenvalue weighted by Crippen LogP contribution is -2.24. The molecule has 1 aliphatic rings. The van der Waals surface area contributed by atoms with Crippen LogP contribution in [0.2, 0.25) is 0 Å². The van der Waals surface area contributed by atoms with Crippen LogP contribution < -0.4 is 14.4 Å². The van der Waals surface area contributed by atoms with E-state index in [0.717, 1.165) is 24.9 Å². The van der Waals surface area contributed by atoms with Crippen LogP contribution in [0.1, 0.15) is 17.5 Å². The van der Waals surface area contributed by atoms with Gasteiger partial charge in [-0.05, 0) is 67.3 Å². The molecule has 2 aromatic carbocycles. The number of ether oxygens (including phenoxy) is 1. The molecule has 0 spiro atoms. The lowest BCUT2D eigenvalue weighted by Gasteiger charge is -2.27.